The molecule has 0 amide bonds. The molecule has 0 spiro atoms. The topological polar surface area (TPSA) is 71.5 Å². The Bertz CT molecular complexity index is 583. The van der Waals surface area contributed by atoms with Gasteiger partial charge in [0.15, 0.2) is 6.04 Å². The van der Waals surface area contributed by atoms with E-state index in [9.17, 15) is 9.90 Å². The van der Waals surface area contributed by atoms with Crippen LogP contribution in [0.2, 0.25) is 0 Å². The van der Waals surface area contributed by atoms with Gasteiger partial charge in [0.1, 0.15) is 10.8 Å². The number of aryl methyl sites for hydroxylation is 1. The minimum Gasteiger partial charge on any atom is -0.497 e. The molecule has 2 aromatic rings. The summed E-state index contributed by atoms with van der Waals surface area (Å²) in [5.74, 6) is -0.290. The number of aromatic nitrogens is 1. The molecule has 1 unspecified atom stereocenters. The molecule has 0 saturated carbocycles. The SMILES string of the molecule is COc1cccc(NC(C(=O)O)c2nc(C)cs2)c1. The summed E-state index contributed by atoms with van der Waals surface area (Å²) in [4.78, 5) is 15.6. The van der Waals surface area contributed by atoms with Crippen LogP contribution in [-0.2, 0) is 4.79 Å². The number of carboxylic acids is 1. The molecule has 0 fully saturated rings. The zero-order valence-electron chi connectivity index (χ0n) is 10.6. The quantitative estimate of drug-likeness (QED) is 0.880. The zero-order valence-corrected chi connectivity index (χ0v) is 11.4. The van der Waals surface area contributed by atoms with Gasteiger partial charge in [-0.05, 0) is 19.1 Å². The van der Waals surface area contributed by atoms with Gasteiger partial charge in [0.25, 0.3) is 0 Å². The summed E-state index contributed by atoms with van der Waals surface area (Å²) >= 11 is 1.33. The maximum absolute atomic E-state index is 11.3. The minimum absolute atomic E-state index is 0.535. The smallest absolute Gasteiger partial charge is 0.333 e. The van der Waals surface area contributed by atoms with E-state index in [0.717, 1.165) is 5.69 Å². The second-order valence-corrected chi connectivity index (χ2v) is 4.86. The van der Waals surface area contributed by atoms with Gasteiger partial charge in [-0.3, -0.25) is 0 Å². The number of carbonyl (C=O) groups is 1. The van der Waals surface area contributed by atoms with Gasteiger partial charge in [0.05, 0.1) is 7.11 Å². The van der Waals surface area contributed by atoms with Crippen LogP contribution in [0.3, 0.4) is 0 Å². The van der Waals surface area contributed by atoms with Crippen molar-refractivity contribution in [2.24, 2.45) is 0 Å². The van der Waals surface area contributed by atoms with Gasteiger partial charge in [-0.25, -0.2) is 9.78 Å². The first-order valence-electron chi connectivity index (χ1n) is 5.65. The Kier molecular flexibility index (Phi) is 4.01. The lowest BCUT2D eigenvalue weighted by molar-refractivity contribution is -0.138. The van der Waals surface area contributed by atoms with Gasteiger partial charge < -0.3 is 15.2 Å². The van der Waals surface area contributed by atoms with Crippen LogP contribution in [0.15, 0.2) is 29.6 Å². The summed E-state index contributed by atoms with van der Waals surface area (Å²) in [7, 11) is 1.57. The van der Waals surface area contributed by atoms with Crippen LogP contribution < -0.4 is 10.1 Å². The van der Waals surface area contributed by atoms with Crippen molar-refractivity contribution >= 4 is 23.0 Å². The van der Waals surface area contributed by atoms with Crippen LogP contribution >= 0.6 is 11.3 Å². The minimum atomic E-state index is -0.961. The molecule has 19 heavy (non-hydrogen) atoms. The molecule has 5 nitrogen and oxygen atoms in total. The average Bonchev–Trinajstić information content (AvgIpc) is 2.82. The van der Waals surface area contributed by atoms with Crippen molar-refractivity contribution in [2.45, 2.75) is 13.0 Å². The van der Waals surface area contributed by atoms with Crippen molar-refractivity contribution in [1.82, 2.24) is 4.98 Å². The Morgan fingerprint density at radius 1 is 1.53 bits per heavy atom. The monoisotopic (exact) mass is 278 g/mol. The van der Waals surface area contributed by atoms with E-state index in [1.54, 1.807) is 31.4 Å². The fourth-order valence-electron chi connectivity index (χ4n) is 1.61. The zero-order chi connectivity index (χ0) is 13.8. The van der Waals surface area contributed by atoms with Gasteiger partial charge >= 0.3 is 5.97 Å². The largest absolute Gasteiger partial charge is 0.497 e. The molecule has 1 heterocycles. The van der Waals surface area contributed by atoms with Crippen molar-refractivity contribution in [1.29, 1.82) is 0 Å². The highest BCUT2D eigenvalue weighted by Crippen LogP contribution is 2.25. The summed E-state index contributed by atoms with van der Waals surface area (Å²) in [6.07, 6.45) is 0. The summed E-state index contributed by atoms with van der Waals surface area (Å²) in [6, 6.07) is 6.28. The number of hydrogen-bond acceptors (Lipinski definition) is 5. The maximum Gasteiger partial charge on any atom is 0.333 e. The molecule has 100 valence electrons. The third kappa shape index (κ3) is 3.23. The normalized spacial score (nSPS) is 11.9. The van der Waals surface area contributed by atoms with Gasteiger partial charge in [0, 0.05) is 22.8 Å². The fourth-order valence-corrected chi connectivity index (χ4v) is 2.45. The molecule has 1 atom stereocenters. The molecule has 0 radical (unpaired) electrons. The van der Waals surface area contributed by atoms with Crippen LogP contribution in [0.4, 0.5) is 5.69 Å². The van der Waals surface area contributed by atoms with E-state index in [1.165, 1.54) is 11.3 Å². The highest BCUT2D eigenvalue weighted by Gasteiger charge is 2.22. The van der Waals surface area contributed by atoms with Crippen LogP contribution in [0.25, 0.3) is 0 Å². The number of methoxy groups -OCH3 is 1. The lowest BCUT2D eigenvalue weighted by atomic mass is 10.2. The van der Waals surface area contributed by atoms with Crippen LogP contribution in [0.1, 0.15) is 16.7 Å². The molecule has 0 saturated heterocycles. The summed E-state index contributed by atoms with van der Waals surface area (Å²) in [5, 5.41) is 14.6. The Labute approximate surface area is 114 Å². The molecule has 2 rings (SSSR count). The van der Waals surface area contributed by atoms with Crippen molar-refractivity contribution in [2.75, 3.05) is 12.4 Å². The molecule has 0 bridgehead atoms. The number of carboxylic acid groups (broad SMARTS) is 1. The van der Waals surface area contributed by atoms with E-state index in [2.05, 4.69) is 10.3 Å². The average molecular weight is 278 g/mol. The molecule has 0 aliphatic carbocycles. The second kappa shape index (κ2) is 5.71. The Morgan fingerprint density at radius 2 is 2.32 bits per heavy atom. The van der Waals surface area contributed by atoms with E-state index in [-0.39, 0.29) is 0 Å². The van der Waals surface area contributed by atoms with E-state index in [4.69, 9.17) is 4.74 Å². The number of rotatable bonds is 5. The lowest BCUT2D eigenvalue weighted by Gasteiger charge is -2.14. The van der Waals surface area contributed by atoms with E-state index in [0.29, 0.717) is 16.4 Å². The number of aliphatic carboxylic acids is 1. The third-order valence-corrected chi connectivity index (χ3v) is 3.54. The Balaban J connectivity index is 2.23. The molecule has 6 heteroatoms. The number of ether oxygens (including phenoxy) is 1. The first-order valence-corrected chi connectivity index (χ1v) is 6.53. The van der Waals surface area contributed by atoms with Crippen molar-refractivity contribution in [3.63, 3.8) is 0 Å². The molecular weight excluding hydrogens is 264 g/mol. The fraction of sp³-hybridized carbons (Fsp3) is 0.231. The molecule has 1 aromatic carbocycles. The summed E-state index contributed by atoms with van der Waals surface area (Å²) in [5.41, 5.74) is 1.50. The molecule has 2 N–H and O–H groups in total. The second-order valence-electron chi connectivity index (χ2n) is 3.97. The number of anilines is 1. The van der Waals surface area contributed by atoms with Crippen LogP contribution in [0, 0.1) is 6.92 Å². The van der Waals surface area contributed by atoms with E-state index in [1.807, 2.05) is 12.3 Å². The van der Waals surface area contributed by atoms with Gasteiger partial charge in [-0.15, -0.1) is 11.3 Å². The number of hydrogen-bond donors (Lipinski definition) is 2. The van der Waals surface area contributed by atoms with Crippen LogP contribution in [-0.4, -0.2) is 23.2 Å². The number of thiazole rings is 1. The van der Waals surface area contributed by atoms with Crippen molar-refractivity contribution < 1.29 is 14.6 Å². The Morgan fingerprint density at radius 3 is 2.89 bits per heavy atom. The van der Waals surface area contributed by atoms with Crippen molar-refractivity contribution in [3.8, 4) is 5.75 Å². The summed E-state index contributed by atoms with van der Waals surface area (Å²) < 4.78 is 5.11. The number of benzene rings is 1. The third-order valence-electron chi connectivity index (χ3n) is 2.51. The van der Waals surface area contributed by atoms with E-state index >= 15 is 0 Å². The molecular formula is C13H14N2O3S. The van der Waals surface area contributed by atoms with Gasteiger partial charge in [-0.2, -0.15) is 0 Å². The first-order chi connectivity index (χ1) is 9.10. The van der Waals surface area contributed by atoms with Crippen molar-refractivity contribution in [3.05, 3.63) is 40.3 Å². The predicted octanol–water partition coefficient (Wildman–Crippen LogP) is 2.70. The van der Waals surface area contributed by atoms with E-state index < -0.39 is 12.0 Å². The lowest BCUT2D eigenvalue weighted by Crippen LogP contribution is -2.20. The first kappa shape index (κ1) is 13.4. The molecule has 1 aromatic heterocycles. The highest BCUT2D eigenvalue weighted by molar-refractivity contribution is 7.09. The standard InChI is InChI=1S/C13H14N2O3S/c1-8-7-19-12(14-8)11(13(16)17)15-9-4-3-5-10(6-9)18-2/h3-7,11,15H,1-2H3,(H,16,17). The maximum atomic E-state index is 11.3. The summed E-state index contributed by atoms with van der Waals surface area (Å²) in [6.45, 7) is 1.84. The predicted molar refractivity (Wildman–Crippen MR) is 73.8 cm³/mol. The molecule has 0 aliphatic rings. The van der Waals surface area contributed by atoms with Gasteiger partial charge in [0.2, 0.25) is 0 Å². The molecule has 0 aliphatic heterocycles. The van der Waals surface area contributed by atoms with Gasteiger partial charge in [-0.1, -0.05) is 6.07 Å². The van der Waals surface area contributed by atoms with Crippen LogP contribution in [0.5, 0.6) is 5.75 Å². The number of nitrogens with zero attached hydrogens (tertiary/aromatic N) is 1. The Hall–Kier alpha value is -2.08. The number of nitrogens with one attached hydrogen (secondary N) is 1. The highest BCUT2D eigenvalue weighted by atomic mass is 32.1.